The Hall–Kier alpha value is -2.38. The molecule has 2 rings (SSSR count). The smallest absolute Gasteiger partial charge is 0.337 e. The molecule has 0 fully saturated rings. The highest BCUT2D eigenvalue weighted by molar-refractivity contribution is 7.91. The number of sulfone groups is 1. The van der Waals surface area contributed by atoms with Crippen LogP contribution in [0.5, 0.6) is 0 Å². The second kappa shape index (κ2) is 8.82. The summed E-state index contributed by atoms with van der Waals surface area (Å²) in [4.78, 5) is 23.4. The number of amides is 1. The first-order chi connectivity index (χ1) is 12.3. The van der Waals surface area contributed by atoms with Crippen LogP contribution in [0.1, 0.15) is 22.3 Å². The van der Waals surface area contributed by atoms with Crippen molar-refractivity contribution in [2.75, 3.05) is 12.9 Å². The van der Waals surface area contributed by atoms with Gasteiger partial charge in [0.05, 0.1) is 23.3 Å². The third-order valence-electron chi connectivity index (χ3n) is 3.64. The Morgan fingerprint density at radius 1 is 1.04 bits per heavy atom. The Kier molecular flexibility index (Phi) is 6.76. The Morgan fingerprint density at radius 3 is 2.23 bits per heavy atom. The summed E-state index contributed by atoms with van der Waals surface area (Å²) in [6.45, 7) is 0.237. The van der Waals surface area contributed by atoms with E-state index in [1.54, 1.807) is 24.3 Å². The second-order valence-corrected chi connectivity index (χ2v) is 8.03. The predicted octanol–water partition coefficient (Wildman–Crippen LogP) is 2.61. The van der Waals surface area contributed by atoms with Gasteiger partial charge in [0, 0.05) is 18.0 Å². The fourth-order valence-electron chi connectivity index (χ4n) is 2.15. The summed E-state index contributed by atoms with van der Waals surface area (Å²) < 4.78 is 29.0. The number of carbonyl (C=O) groups is 2. The minimum Gasteiger partial charge on any atom is -0.465 e. The quantitative estimate of drug-likeness (QED) is 0.728. The zero-order chi connectivity index (χ0) is 19.2. The van der Waals surface area contributed by atoms with Gasteiger partial charge in [-0.2, -0.15) is 0 Å². The Morgan fingerprint density at radius 2 is 1.65 bits per heavy atom. The van der Waals surface area contributed by atoms with Gasteiger partial charge < -0.3 is 10.1 Å². The summed E-state index contributed by atoms with van der Waals surface area (Å²) in [6.07, 6.45) is -0.148. The molecule has 0 aromatic heterocycles. The van der Waals surface area contributed by atoms with Crippen LogP contribution in [0.15, 0.2) is 53.4 Å². The van der Waals surface area contributed by atoms with Crippen molar-refractivity contribution in [3.8, 4) is 0 Å². The van der Waals surface area contributed by atoms with Gasteiger partial charge >= 0.3 is 5.97 Å². The van der Waals surface area contributed by atoms with Crippen molar-refractivity contribution in [3.05, 3.63) is 64.7 Å². The Balaban J connectivity index is 1.85. The number of hydrogen-bond acceptors (Lipinski definition) is 5. The number of halogens is 1. The van der Waals surface area contributed by atoms with E-state index in [0.29, 0.717) is 10.6 Å². The topological polar surface area (TPSA) is 89.5 Å². The van der Waals surface area contributed by atoms with E-state index in [1.807, 2.05) is 0 Å². The molecule has 0 aliphatic rings. The molecule has 0 unspecified atom stereocenters. The van der Waals surface area contributed by atoms with Gasteiger partial charge in [0.25, 0.3) is 0 Å². The van der Waals surface area contributed by atoms with Crippen LogP contribution in [0.4, 0.5) is 0 Å². The molecule has 138 valence electrons. The number of methoxy groups -OCH3 is 1. The average Bonchev–Trinajstić information content (AvgIpc) is 2.65. The lowest BCUT2D eigenvalue weighted by Gasteiger charge is -2.07. The molecule has 0 saturated carbocycles. The second-order valence-electron chi connectivity index (χ2n) is 5.49. The first-order valence-corrected chi connectivity index (χ1v) is 9.77. The Bertz CT molecular complexity index is 877. The molecule has 1 N–H and O–H groups in total. The van der Waals surface area contributed by atoms with Crippen LogP contribution in [-0.2, 0) is 25.9 Å². The molecule has 0 saturated heterocycles. The van der Waals surface area contributed by atoms with E-state index in [1.165, 1.54) is 31.4 Å². The fraction of sp³-hybridized carbons (Fsp3) is 0.222. The summed E-state index contributed by atoms with van der Waals surface area (Å²) in [5, 5.41) is 3.10. The highest BCUT2D eigenvalue weighted by atomic mass is 35.5. The first-order valence-electron chi connectivity index (χ1n) is 7.74. The van der Waals surface area contributed by atoms with Gasteiger partial charge in [-0.15, -0.1) is 0 Å². The normalized spacial score (nSPS) is 11.0. The maximum atomic E-state index is 12.2. The standard InChI is InChI=1S/C18H18ClNO5S/c1-25-18(22)14-4-2-13(3-5-14)12-20-17(21)10-11-26(23,24)16-8-6-15(19)7-9-16/h2-9H,10-12H2,1H3,(H,20,21). The number of hydrogen-bond donors (Lipinski definition) is 1. The first kappa shape index (κ1) is 19.9. The van der Waals surface area contributed by atoms with E-state index < -0.39 is 15.8 Å². The summed E-state index contributed by atoms with van der Waals surface area (Å²) in [5.74, 6) is -1.10. The average molecular weight is 396 g/mol. The molecule has 2 aromatic rings. The van der Waals surface area contributed by atoms with Crippen molar-refractivity contribution in [1.82, 2.24) is 5.32 Å². The fourth-order valence-corrected chi connectivity index (χ4v) is 3.52. The highest BCUT2D eigenvalue weighted by Crippen LogP contribution is 2.16. The van der Waals surface area contributed by atoms with Crippen molar-refractivity contribution in [3.63, 3.8) is 0 Å². The molecular formula is C18H18ClNO5S. The van der Waals surface area contributed by atoms with Crippen LogP contribution in [0, 0.1) is 0 Å². The largest absolute Gasteiger partial charge is 0.465 e. The van der Waals surface area contributed by atoms with Crippen molar-refractivity contribution >= 4 is 33.3 Å². The summed E-state index contributed by atoms with van der Waals surface area (Å²) in [5.41, 5.74) is 1.20. The van der Waals surface area contributed by atoms with Gasteiger partial charge in [0.2, 0.25) is 5.91 Å². The number of nitrogens with one attached hydrogen (secondary N) is 1. The molecule has 1 amide bonds. The van der Waals surface area contributed by atoms with Gasteiger partial charge in [0.15, 0.2) is 9.84 Å². The summed E-state index contributed by atoms with van der Waals surface area (Å²) in [6, 6.07) is 12.4. The lowest BCUT2D eigenvalue weighted by Crippen LogP contribution is -2.25. The molecule has 0 aliphatic heterocycles. The van der Waals surface area contributed by atoms with Gasteiger partial charge in [0.1, 0.15) is 0 Å². The van der Waals surface area contributed by atoms with Crippen LogP contribution in [0.2, 0.25) is 5.02 Å². The van der Waals surface area contributed by atoms with Crippen LogP contribution in [0.25, 0.3) is 0 Å². The SMILES string of the molecule is COC(=O)c1ccc(CNC(=O)CCS(=O)(=O)c2ccc(Cl)cc2)cc1. The molecular weight excluding hydrogens is 378 g/mol. The molecule has 0 bridgehead atoms. The molecule has 6 nitrogen and oxygen atoms in total. The van der Waals surface area contributed by atoms with Gasteiger partial charge in [-0.05, 0) is 42.0 Å². The van der Waals surface area contributed by atoms with E-state index >= 15 is 0 Å². The predicted molar refractivity (Wildman–Crippen MR) is 97.8 cm³/mol. The van der Waals surface area contributed by atoms with Crippen molar-refractivity contribution in [2.45, 2.75) is 17.9 Å². The van der Waals surface area contributed by atoms with Crippen molar-refractivity contribution in [1.29, 1.82) is 0 Å². The van der Waals surface area contributed by atoms with E-state index in [4.69, 9.17) is 11.6 Å². The summed E-state index contributed by atoms with van der Waals surface area (Å²) >= 11 is 5.74. The number of carbonyl (C=O) groups excluding carboxylic acids is 2. The van der Waals surface area contributed by atoms with E-state index in [9.17, 15) is 18.0 Å². The van der Waals surface area contributed by atoms with Gasteiger partial charge in [-0.25, -0.2) is 13.2 Å². The maximum absolute atomic E-state index is 12.2. The third kappa shape index (κ3) is 5.57. The number of benzene rings is 2. The monoisotopic (exact) mass is 395 g/mol. The maximum Gasteiger partial charge on any atom is 0.337 e. The molecule has 8 heteroatoms. The molecule has 0 spiro atoms. The van der Waals surface area contributed by atoms with Gasteiger partial charge in [-0.3, -0.25) is 4.79 Å². The summed E-state index contributed by atoms with van der Waals surface area (Å²) in [7, 11) is -2.24. The molecule has 26 heavy (non-hydrogen) atoms. The lowest BCUT2D eigenvalue weighted by atomic mass is 10.1. The van der Waals surface area contributed by atoms with Crippen LogP contribution >= 0.6 is 11.6 Å². The molecule has 0 atom stereocenters. The zero-order valence-electron chi connectivity index (χ0n) is 14.1. The van der Waals surface area contributed by atoms with Crippen LogP contribution in [-0.4, -0.2) is 33.2 Å². The minimum atomic E-state index is -3.54. The molecule has 0 aliphatic carbocycles. The van der Waals surface area contributed by atoms with Crippen molar-refractivity contribution in [2.24, 2.45) is 0 Å². The third-order valence-corrected chi connectivity index (χ3v) is 5.62. The molecule has 2 aromatic carbocycles. The van der Waals surface area contributed by atoms with Crippen LogP contribution in [0.3, 0.4) is 0 Å². The molecule has 0 heterocycles. The van der Waals surface area contributed by atoms with E-state index in [2.05, 4.69) is 10.1 Å². The lowest BCUT2D eigenvalue weighted by molar-refractivity contribution is -0.120. The highest BCUT2D eigenvalue weighted by Gasteiger charge is 2.16. The van der Waals surface area contributed by atoms with Crippen molar-refractivity contribution < 1.29 is 22.7 Å². The van der Waals surface area contributed by atoms with E-state index in [0.717, 1.165) is 5.56 Å². The number of esters is 1. The zero-order valence-corrected chi connectivity index (χ0v) is 15.6. The molecule has 0 radical (unpaired) electrons. The van der Waals surface area contributed by atoms with E-state index in [-0.39, 0.29) is 29.5 Å². The minimum absolute atomic E-state index is 0.132. The number of ether oxygens (including phenoxy) is 1. The van der Waals surface area contributed by atoms with Crippen LogP contribution < -0.4 is 5.32 Å². The van der Waals surface area contributed by atoms with Gasteiger partial charge in [-0.1, -0.05) is 23.7 Å². The number of rotatable bonds is 7. The Labute approximate surface area is 157 Å².